The van der Waals surface area contributed by atoms with E-state index in [4.69, 9.17) is 17.0 Å². The first kappa shape index (κ1) is 21.7. The first-order chi connectivity index (χ1) is 13.4. The Kier molecular flexibility index (Phi) is 7.80. The number of amides is 2. The van der Waals surface area contributed by atoms with Gasteiger partial charge in [0.05, 0.1) is 18.7 Å². The largest absolute Gasteiger partial charge is 0.466 e. The molecule has 152 valence electrons. The predicted octanol–water partition coefficient (Wildman–Crippen LogP) is 3.31. The van der Waals surface area contributed by atoms with Crippen LogP contribution >= 0.6 is 12.2 Å². The number of urea groups is 1. The molecule has 8 heteroatoms. The van der Waals surface area contributed by atoms with Gasteiger partial charge in [-0.2, -0.15) is 0 Å². The molecule has 0 saturated heterocycles. The van der Waals surface area contributed by atoms with E-state index in [1.807, 2.05) is 30.9 Å². The van der Waals surface area contributed by atoms with Crippen LogP contribution in [0.1, 0.15) is 45.2 Å². The molecule has 0 aromatic heterocycles. The number of carbonyl (C=O) groups is 2. The van der Waals surface area contributed by atoms with Crippen molar-refractivity contribution in [2.24, 2.45) is 0 Å². The van der Waals surface area contributed by atoms with E-state index >= 15 is 0 Å². The van der Waals surface area contributed by atoms with Gasteiger partial charge < -0.3 is 25.6 Å². The molecule has 1 atom stereocenters. The molecule has 0 fully saturated rings. The van der Waals surface area contributed by atoms with Gasteiger partial charge in [0.25, 0.3) is 0 Å². The highest BCUT2D eigenvalue weighted by Crippen LogP contribution is 2.31. The highest BCUT2D eigenvalue weighted by molar-refractivity contribution is 7.80. The summed E-state index contributed by atoms with van der Waals surface area (Å²) in [6, 6.07) is 6.68. The molecule has 1 aromatic rings. The molecule has 2 rings (SSSR count). The molecule has 0 spiro atoms. The Bertz CT molecular complexity index is 761. The van der Waals surface area contributed by atoms with Crippen LogP contribution in [0.3, 0.4) is 0 Å². The van der Waals surface area contributed by atoms with Gasteiger partial charge in [0.2, 0.25) is 0 Å². The van der Waals surface area contributed by atoms with Crippen molar-refractivity contribution in [3.8, 4) is 0 Å². The molecule has 1 heterocycles. The van der Waals surface area contributed by atoms with E-state index in [0.29, 0.717) is 29.5 Å². The number of nitrogens with zero attached hydrogens (tertiary/aromatic N) is 1. The molecule has 1 aliphatic rings. The van der Waals surface area contributed by atoms with Crippen LogP contribution in [0.4, 0.5) is 10.5 Å². The van der Waals surface area contributed by atoms with Gasteiger partial charge in [-0.25, -0.2) is 9.59 Å². The first-order valence-electron chi connectivity index (χ1n) is 9.44. The maximum Gasteiger partial charge on any atom is 0.337 e. The van der Waals surface area contributed by atoms with Crippen molar-refractivity contribution in [1.82, 2.24) is 15.5 Å². The number of ether oxygens (including phenoxy) is 1. The summed E-state index contributed by atoms with van der Waals surface area (Å²) in [5.74, 6) is -0.395. The minimum absolute atomic E-state index is 0.234. The van der Waals surface area contributed by atoms with E-state index in [9.17, 15) is 9.59 Å². The average Bonchev–Trinajstić information content (AvgIpc) is 2.68. The molecule has 28 heavy (non-hydrogen) atoms. The van der Waals surface area contributed by atoms with Gasteiger partial charge in [-0.15, -0.1) is 0 Å². The van der Waals surface area contributed by atoms with E-state index in [-0.39, 0.29) is 6.03 Å². The maximum atomic E-state index is 12.4. The van der Waals surface area contributed by atoms with Gasteiger partial charge in [-0.05, 0) is 50.2 Å². The summed E-state index contributed by atoms with van der Waals surface area (Å²) in [7, 11) is 1.37. The Morgan fingerprint density at radius 3 is 2.50 bits per heavy atom. The molecular formula is C20H28N4O3S. The summed E-state index contributed by atoms with van der Waals surface area (Å²) in [5.41, 5.74) is 2.83. The fourth-order valence-electron chi connectivity index (χ4n) is 3.10. The summed E-state index contributed by atoms with van der Waals surface area (Å²) < 4.78 is 4.99. The van der Waals surface area contributed by atoms with Crippen LogP contribution in [0, 0.1) is 0 Å². The van der Waals surface area contributed by atoms with Gasteiger partial charge in [0.1, 0.15) is 0 Å². The number of thiocarbonyl (C=S) groups is 1. The zero-order chi connectivity index (χ0) is 20.7. The van der Waals surface area contributed by atoms with Crippen molar-refractivity contribution >= 4 is 35.0 Å². The topological polar surface area (TPSA) is 82.7 Å². The van der Waals surface area contributed by atoms with Crippen molar-refractivity contribution in [1.29, 1.82) is 0 Å². The van der Waals surface area contributed by atoms with Crippen molar-refractivity contribution in [3.05, 3.63) is 41.1 Å². The fourth-order valence-corrected chi connectivity index (χ4v) is 3.48. The number of nitrogens with one attached hydrogen (secondary N) is 3. The number of unbranched alkanes of at least 4 members (excludes halogenated alkanes) is 1. The average molecular weight is 405 g/mol. The lowest BCUT2D eigenvalue weighted by Gasteiger charge is -2.36. The van der Waals surface area contributed by atoms with Gasteiger partial charge in [0, 0.05) is 24.5 Å². The third-order valence-corrected chi connectivity index (χ3v) is 4.97. The Morgan fingerprint density at radius 1 is 1.25 bits per heavy atom. The number of rotatable bonds is 7. The molecule has 2 amide bonds. The van der Waals surface area contributed by atoms with Crippen LogP contribution < -0.4 is 16.0 Å². The summed E-state index contributed by atoms with van der Waals surface area (Å²) in [5, 5.41) is 9.40. The number of hydrogen-bond acceptors (Lipinski definition) is 4. The van der Waals surface area contributed by atoms with E-state index in [0.717, 1.165) is 24.1 Å². The standard InChI is InChI=1S/C20H28N4O3S/c1-5-7-12-21-19(26)22-15-10-8-14(9-11-15)17-16(18(25)27-4)13(3)24(6-2)20(28)23-17/h8-11,17H,5-7,12H2,1-4H3,(H,23,28)(H2,21,22,26). The lowest BCUT2D eigenvalue weighted by molar-refractivity contribution is -0.136. The van der Waals surface area contributed by atoms with Crippen LogP contribution in [0.15, 0.2) is 35.5 Å². The lowest BCUT2D eigenvalue weighted by Crippen LogP contribution is -2.47. The Hall–Kier alpha value is -2.61. The molecule has 3 N–H and O–H groups in total. The molecule has 1 unspecified atom stereocenters. The van der Waals surface area contributed by atoms with Crippen LogP contribution in [0.25, 0.3) is 0 Å². The number of carbonyl (C=O) groups excluding carboxylic acids is 2. The Balaban J connectivity index is 2.21. The highest BCUT2D eigenvalue weighted by Gasteiger charge is 2.33. The second-order valence-electron chi connectivity index (χ2n) is 6.47. The smallest absolute Gasteiger partial charge is 0.337 e. The van der Waals surface area contributed by atoms with Crippen molar-refractivity contribution < 1.29 is 14.3 Å². The van der Waals surface area contributed by atoms with Crippen molar-refractivity contribution in [3.63, 3.8) is 0 Å². The normalized spacial score (nSPS) is 16.5. The minimum Gasteiger partial charge on any atom is -0.466 e. The summed E-state index contributed by atoms with van der Waals surface area (Å²) >= 11 is 5.45. The van der Waals surface area contributed by atoms with Crippen LogP contribution in [0.5, 0.6) is 0 Å². The van der Waals surface area contributed by atoms with Crippen LogP contribution in [0.2, 0.25) is 0 Å². The molecule has 0 aliphatic carbocycles. The van der Waals surface area contributed by atoms with Crippen LogP contribution in [-0.2, 0) is 9.53 Å². The number of methoxy groups -OCH3 is 1. The summed E-state index contributed by atoms with van der Waals surface area (Å²) in [4.78, 5) is 26.2. The van der Waals surface area contributed by atoms with E-state index in [1.165, 1.54) is 7.11 Å². The third-order valence-electron chi connectivity index (χ3n) is 4.64. The molecule has 7 nitrogen and oxygen atoms in total. The zero-order valence-electron chi connectivity index (χ0n) is 16.8. The van der Waals surface area contributed by atoms with E-state index in [2.05, 4.69) is 22.9 Å². The molecule has 0 radical (unpaired) electrons. The first-order valence-corrected chi connectivity index (χ1v) is 9.85. The summed E-state index contributed by atoms with van der Waals surface area (Å²) in [6.45, 7) is 7.21. The van der Waals surface area contributed by atoms with Crippen molar-refractivity contribution in [2.75, 3.05) is 25.5 Å². The number of hydrogen-bond donors (Lipinski definition) is 3. The van der Waals surface area contributed by atoms with E-state index < -0.39 is 12.0 Å². The monoisotopic (exact) mass is 404 g/mol. The fraction of sp³-hybridized carbons (Fsp3) is 0.450. The quantitative estimate of drug-likeness (QED) is 0.367. The number of benzene rings is 1. The van der Waals surface area contributed by atoms with Crippen LogP contribution in [-0.4, -0.2) is 42.2 Å². The molecule has 1 aromatic carbocycles. The molecule has 0 bridgehead atoms. The van der Waals surface area contributed by atoms with Gasteiger partial charge >= 0.3 is 12.0 Å². The maximum absolute atomic E-state index is 12.4. The Labute approximate surface area is 171 Å². The lowest BCUT2D eigenvalue weighted by atomic mass is 9.95. The zero-order valence-corrected chi connectivity index (χ0v) is 17.6. The molecule has 1 aliphatic heterocycles. The predicted molar refractivity (Wildman–Crippen MR) is 114 cm³/mol. The number of anilines is 1. The van der Waals surface area contributed by atoms with Gasteiger partial charge in [-0.3, -0.25) is 0 Å². The molecular weight excluding hydrogens is 376 g/mol. The number of esters is 1. The molecule has 0 saturated carbocycles. The summed E-state index contributed by atoms with van der Waals surface area (Å²) in [6.07, 6.45) is 1.96. The van der Waals surface area contributed by atoms with Crippen molar-refractivity contribution in [2.45, 2.75) is 39.7 Å². The highest BCUT2D eigenvalue weighted by atomic mass is 32.1. The van der Waals surface area contributed by atoms with E-state index in [1.54, 1.807) is 12.1 Å². The second-order valence-corrected chi connectivity index (χ2v) is 6.86. The SMILES string of the molecule is CCCCNC(=O)Nc1ccc(C2NC(=S)N(CC)C(C)=C2C(=O)OC)cc1. The van der Waals surface area contributed by atoms with Gasteiger partial charge in [0.15, 0.2) is 5.11 Å². The minimum atomic E-state index is -0.407. The Morgan fingerprint density at radius 2 is 1.93 bits per heavy atom. The van der Waals surface area contributed by atoms with Gasteiger partial charge in [-0.1, -0.05) is 25.5 Å². The third kappa shape index (κ3) is 5.01. The number of allylic oxidation sites excluding steroid dienone is 1. The second kappa shape index (κ2) is 10.1.